The molecule has 0 spiro atoms. The number of amides is 2. The van der Waals surface area contributed by atoms with E-state index in [9.17, 15) is 9.90 Å². The standard InChI is InChI=1S/C16H24N2O2/c1-12(19)14-6-8-15(9-7-14)18-16(20)17-11-10-13-4-2-3-5-13/h6-9,12-13,19H,2-5,10-11H2,1H3,(H2,17,18,20). The molecule has 1 aliphatic carbocycles. The fourth-order valence-electron chi connectivity index (χ4n) is 2.71. The van der Waals surface area contributed by atoms with Gasteiger partial charge in [0.15, 0.2) is 0 Å². The van der Waals surface area contributed by atoms with Gasteiger partial charge in [-0.2, -0.15) is 0 Å². The Kier molecular flexibility index (Phi) is 5.41. The normalized spacial score (nSPS) is 16.9. The van der Waals surface area contributed by atoms with Crippen LogP contribution in [0.15, 0.2) is 24.3 Å². The number of carbonyl (C=O) groups excluding carboxylic acids is 1. The molecule has 2 rings (SSSR count). The molecule has 0 aromatic heterocycles. The predicted octanol–water partition coefficient (Wildman–Crippen LogP) is 3.44. The summed E-state index contributed by atoms with van der Waals surface area (Å²) in [4.78, 5) is 11.7. The Morgan fingerprint density at radius 1 is 1.30 bits per heavy atom. The highest BCUT2D eigenvalue weighted by Crippen LogP contribution is 2.26. The van der Waals surface area contributed by atoms with Gasteiger partial charge in [0.1, 0.15) is 0 Å². The highest BCUT2D eigenvalue weighted by molar-refractivity contribution is 5.89. The number of carbonyl (C=O) groups is 1. The number of anilines is 1. The summed E-state index contributed by atoms with van der Waals surface area (Å²) in [5.74, 6) is 0.792. The topological polar surface area (TPSA) is 61.4 Å². The number of aliphatic hydroxyl groups is 1. The van der Waals surface area contributed by atoms with E-state index in [1.165, 1.54) is 25.7 Å². The second-order valence-electron chi connectivity index (χ2n) is 5.62. The van der Waals surface area contributed by atoms with Crippen LogP contribution in [0.4, 0.5) is 10.5 Å². The highest BCUT2D eigenvalue weighted by Gasteiger charge is 2.14. The summed E-state index contributed by atoms with van der Waals surface area (Å²) < 4.78 is 0. The van der Waals surface area contributed by atoms with Crippen molar-refractivity contribution in [3.8, 4) is 0 Å². The van der Waals surface area contributed by atoms with Crippen LogP contribution < -0.4 is 10.6 Å². The van der Waals surface area contributed by atoms with E-state index in [0.29, 0.717) is 0 Å². The third-order valence-electron chi connectivity index (χ3n) is 3.96. The third kappa shape index (κ3) is 4.53. The van der Waals surface area contributed by atoms with E-state index in [1.807, 2.05) is 12.1 Å². The van der Waals surface area contributed by atoms with Crippen molar-refractivity contribution in [1.82, 2.24) is 5.32 Å². The molecule has 0 heterocycles. The number of benzene rings is 1. The van der Waals surface area contributed by atoms with Gasteiger partial charge in [-0.15, -0.1) is 0 Å². The molecule has 1 atom stereocenters. The SMILES string of the molecule is CC(O)c1ccc(NC(=O)NCCC2CCCC2)cc1. The lowest BCUT2D eigenvalue weighted by Crippen LogP contribution is -2.30. The van der Waals surface area contributed by atoms with Crippen LogP contribution in [0.5, 0.6) is 0 Å². The molecule has 20 heavy (non-hydrogen) atoms. The molecule has 1 unspecified atom stereocenters. The van der Waals surface area contributed by atoms with Crippen LogP contribution in [0.2, 0.25) is 0 Å². The number of urea groups is 1. The van der Waals surface area contributed by atoms with E-state index in [2.05, 4.69) is 10.6 Å². The lowest BCUT2D eigenvalue weighted by Gasteiger charge is -2.11. The molecule has 1 fully saturated rings. The molecule has 0 saturated heterocycles. The number of nitrogens with one attached hydrogen (secondary N) is 2. The highest BCUT2D eigenvalue weighted by atomic mass is 16.3. The zero-order valence-electron chi connectivity index (χ0n) is 12.1. The lowest BCUT2D eigenvalue weighted by atomic mass is 10.0. The van der Waals surface area contributed by atoms with Crippen LogP contribution in [0.3, 0.4) is 0 Å². The lowest BCUT2D eigenvalue weighted by molar-refractivity contribution is 0.199. The molecule has 110 valence electrons. The summed E-state index contributed by atoms with van der Waals surface area (Å²) in [5.41, 5.74) is 1.59. The Morgan fingerprint density at radius 3 is 2.55 bits per heavy atom. The van der Waals surface area contributed by atoms with E-state index in [-0.39, 0.29) is 6.03 Å². The van der Waals surface area contributed by atoms with E-state index in [1.54, 1.807) is 19.1 Å². The third-order valence-corrected chi connectivity index (χ3v) is 3.96. The van der Waals surface area contributed by atoms with Gasteiger partial charge in [-0.1, -0.05) is 37.8 Å². The van der Waals surface area contributed by atoms with Gasteiger partial charge in [-0.05, 0) is 37.0 Å². The molecule has 4 heteroatoms. The number of rotatable bonds is 5. The minimum atomic E-state index is -0.482. The summed E-state index contributed by atoms with van der Waals surface area (Å²) in [6.07, 6.45) is 5.89. The van der Waals surface area contributed by atoms with Crippen molar-refractivity contribution in [3.05, 3.63) is 29.8 Å². The van der Waals surface area contributed by atoms with Crippen LogP contribution in [-0.2, 0) is 0 Å². The fraction of sp³-hybridized carbons (Fsp3) is 0.562. The smallest absolute Gasteiger partial charge is 0.319 e. The van der Waals surface area contributed by atoms with Crippen LogP contribution in [0.25, 0.3) is 0 Å². The van der Waals surface area contributed by atoms with Crippen molar-refractivity contribution >= 4 is 11.7 Å². The maximum absolute atomic E-state index is 11.7. The molecular formula is C16H24N2O2. The van der Waals surface area contributed by atoms with Crippen LogP contribution in [-0.4, -0.2) is 17.7 Å². The molecule has 0 aliphatic heterocycles. The van der Waals surface area contributed by atoms with E-state index in [4.69, 9.17) is 0 Å². The molecule has 2 amide bonds. The average molecular weight is 276 g/mol. The Balaban J connectivity index is 1.70. The predicted molar refractivity (Wildman–Crippen MR) is 80.7 cm³/mol. The molecule has 0 radical (unpaired) electrons. The molecular weight excluding hydrogens is 252 g/mol. The minimum Gasteiger partial charge on any atom is -0.389 e. The van der Waals surface area contributed by atoms with Crippen LogP contribution >= 0.6 is 0 Å². The summed E-state index contributed by atoms with van der Waals surface area (Å²) in [7, 11) is 0. The Bertz CT molecular complexity index is 423. The van der Waals surface area contributed by atoms with Crippen molar-refractivity contribution in [3.63, 3.8) is 0 Å². The zero-order chi connectivity index (χ0) is 14.4. The Hall–Kier alpha value is -1.55. The molecule has 1 aromatic carbocycles. The first kappa shape index (κ1) is 14.9. The van der Waals surface area contributed by atoms with Gasteiger partial charge >= 0.3 is 6.03 Å². The van der Waals surface area contributed by atoms with Crippen molar-refractivity contribution in [2.45, 2.75) is 45.1 Å². The van der Waals surface area contributed by atoms with E-state index in [0.717, 1.165) is 30.1 Å². The summed E-state index contributed by atoms with van der Waals surface area (Å²) >= 11 is 0. The molecule has 4 nitrogen and oxygen atoms in total. The summed E-state index contributed by atoms with van der Waals surface area (Å²) in [6.45, 7) is 2.46. The van der Waals surface area contributed by atoms with Gasteiger partial charge in [0.25, 0.3) is 0 Å². The largest absolute Gasteiger partial charge is 0.389 e. The number of hydrogen-bond acceptors (Lipinski definition) is 2. The van der Waals surface area contributed by atoms with Crippen molar-refractivity contribution < 1.29 is 9.90 Å². The van der Waals surface area contributed by atoms with Crippen molar-refractivity contribution in [2.75, 3.05) is 11.9 Å². The molecule has 1 saturated carbocycles. The van der Waals surface area contributed by atoms with Crippen molar-refractivity contribution in [1.29, 1.82) is 0 Å². The second-order valence-corrected chi connectivity index (χ2v) is 5.62. The van der Waals surface area contributed by atoms with Crippen molar-refractivity contribution in [2.24, 2.45) is 5.92 Å². The average Bonchev–Trinajstić information content (AvgIpc) is 2.92. The van der Waals surface area contributed by atoms with Gasteiger partial charge in [-0.25, -0.2) is 4.79 Å². The van der Waals surface area contributed by atoms with Crippen LogP contribution in [0, 0.1) is 5.92 Å². The van der Waals surface area contributed by atoms with Crippen LogP contribution in [0.1, 0.15) is 50.7 Å². The molecule has 3 N–H and O–H groups in total. The van der Waals surface area contributed by atoms with Gasteiger partial charge in [-0.3, -0.25) is 0 Å². The van der Waals surface area contributed by atoms with E-state index >= 15 is 0 Å². The number of aliphatic hydroxyl groups excluding tert-OH is 1. The van der Waals surface area contributed by atoms with E-state index < -0.39 is 6.10 Å². The quantitative estimate of drug-likeness (QED) is 0.771. The summed E-state index contributed by atoms with van der Waals surface area (Å²) in [6, 6.07) is 7.09. The Morgan fingerprint density at radius 2 is 1.95 bits per heavy atom. The first-order chi connectivity index (χ1) is 9.65. The van der Waals surface area contributed by atoms with Gasteiger partial charge in [0.05, 0.1) is 6.10 Å². The first-order valence-corrected chi connectivity index (χ1v) is 7.48. The molecule has 1 aromatic rings. The minimum absolute atomic E-state index is 0.159. The van der Waals surface area contributed by atoms with Gasteiger partial charge in [0, 0.05) is 12.2 Å². The van der Waals surface area contributed by atoms with Gasteiger partial charge in [0.2, 0.25) is 0 Å². The monoisotopic (exact) mass is 276 g/mol. The first-order valence-electron chi connectivity index (χ1n) is 7.48. The zero-order valence-corrected chi connectivity index (χ0v) is 12.1. The Labute approximate surface area is 120 Å². The maximum Gasteiger partial charge on any atom is 0.319 e. The molecule has 0 bridgehead atoms. The second kappa shape index (κ2) is 7.29. The fourth-order valence-corrected chi connectivity index (χ4v) is 2.71. The number of hydrogen-bond donors (Lipinski definition) is 3. The van der Waals surface area contributed by atoms with Gasteiger partial charge < -0.3 is 15.7 Å². The maximum atomic E-state index is 11.7. The molecule has 1 aliphatic rings. The summed E-state index contributed by atoms with van der Waals surface area (Å²) in [5, 5.41) is 15.1.